The van der Waals surface area contributed by atoms with Gasteiger partial charge in [-0.1, -0.05) is 30.3 Å². The Balaban J connectivity index is 2.97. The average molecular weight is 192 g/mol. The van der Waals surface area contributed by atoms with Gasteiger partial charge in [0.1, 0.15) is 0 Å². The van der Waals surface area contributed by atoms with Crippen LogP contribution < -0.4 is 10.6 Å². The largest absolute Gasteiger partial charge is 0.351 e. The molecule has 54 valence electrons. The topological polar surface area (TPSA) is 26.0 Å². The van der Waals surface area contributed by atoms with Gasteiger partial charge in [-0.3, -0.25) is 0 Å². The molecule has 0 spiro atoms. The molecule has 0 fully saturated rings. The van der Waals surface area contributed by atoms with Gasteiger partial charge < -0.3 is 5.40 Å². The molecule has 0 saturated heterocycles. The summed E-state index contributed by atoms with van der Waals surface area (Å²) in [6.07, 6.45) is 0. The predicted octanol–water partition coefficient (Wildman–Crippen LogP) is 1.27. The van der Waals surface area contributed by atoms with Crippen molar-refractivity contribution in [3.63, 3.8) is 0 Å². The lowest BCUT2D eigenvalue weighted by Crippen LogP contribution is -2.46. The minimum atomic E-state index is -2.59. The Kier molecular flexibility index (Phi) is 2.36. The van der Waals surface area contributed by atoms with Gasteiger partial charge in [-0.2, -0.15) is 0 Å². The summed E-state index contributed by atoms with van der Waals surface area (Å²) in [4.78, 5) is 0. The molecular formula is C6H7Cl2NSi. The van der Waals surface area contributed by atoms with Gasteiger partial charge in [0.05, 0.1) is 0 Å². The number of hydrogen-bond acceptors (Lipinski definition) is 1. The second kappa shape index (κ2) is 2.92. The summed E-state index contributed by atoms with van der Waals surface area (Å²) in [6, 6.07) is 9.32. The van der Waals surface area contributed by atoms with Crippen LogP contribution in [0.25, 0.3) is 0 Å². The van der Waals surface area contributed by atoms with Gasteiger partial charge in [0, 0.05) is 0 Å². The molecule has 1 aromatic carbocycles. The Morgan fingerprint density at radius 1 is 1.10 bits per heavy atom. The van der Waals surface area contributed by atoms with Gasteiger partial charge >= 0.3 is 6.86 Å². The van der Waals surface area contributed by atoms with Gasteiger partial charge in [-0.15, -0.1) is 22.2 Å². The molecule has 0 unspecified atom stereocenters. The van der Waals surface area contributed by atoms with E-state index in [1.54, 1.807) is 0 Å². The van der Waals surface area contributed by atoms with Crippen LogP contribution in [0.4, 0.5) is 0 Å². The van der Waals surface area contributed by atoms with E-state index in [2.05, 4.69) is 0 Å². The van der Waals surface area contributed by atoms with Crippen molar-refractivity contribution in [2.24, 2.45) is 5.40 Å². The maximum Gasteiger partial charge on any atom is 0.351 e. The molecule has 0 aliphatic rings. The quantitative estimate of drug-likeness (QED) is 0.526. The van der Waals surface area contributed by atoms with Crippen LogP contribution in [0.3, 0.4) is 0 Å². The monoisotopic (exact) mass is 191 g/mol. The highest BCUT2D eigenvalue weighted by Crippen LogP contribution is 2.05. The third kappa shape index (κ3) is 1.99. The van der Waals surface area contributed by atoms with Crippen molar-refractivity contribution < 1.29 is 0 Å². The molecular weight excluding hydrogens is 185 g/mol. The van der Waals surface area contributed by atoms with Crippen LogP contribution in [-0.4, -0.2) is 6.86 Å². The van der Waals surface area contributed by atoms with E-state index in [9.17, 15) is 0 Å². The molecule has 1 aromatic rings. The van der Waals surface area contributed by atoms with Crippen molar-refractivity contribution in [1.82, 2.24) is 0 Å². The fraction of sp³-hybridized carbons (Fsp3) is 0. The van der Waals surface area contributed by atoms with Crippen LogP contribution in [0, 0.1) is 0 Å². The molecule has 0 aliphatic heterocycles. The molecule has 0 aliphatic carbocycles. The second-order valence-corrected chi connectivity index (χ2v) is 7.97. The minimum absolute atomic E-state index is 0.846. The maximum absolute atomic E-state index is 5.74. The molecule has 0 saturated carbocycles. The summed E-state index contributed by atoms with van der Waals surface area (Å²) in [6.45, 7) is -2.59. The van der Waals surface area contributed by atoms with Crippen LogP contribution in [0.5, 0.6) is 0 Å². The van der Waals surface area contributed by atoms with Crippen molar-refractivity contribution in [1.29, 1.82) is 0 Å². The molecule has 0 aromatic heterocycles. The maximum atomic E-state index is 5.74. The van der Waals surface area contributed by atoms with Crippen molar-refractivity contribution in [3.8, 4) is 0 Å². The van der Waals surface area contributed by atoms with Crippen LogP contribution in [-0.2, 0) is 0 Å². The molecule has 0 heterocycles. The van der Waals surface area contributed by atoms with Crippen molar-refractivity contribution >= 4 is 34.2 Å². The lowest BCUT2D eigenvalue weighted by atomic mass is 10.4. The summed E-state index contributed by atoms with van der Waals surface area (Å²) in [5.74, 6) is 0. The molecule has 0 amide bonds. The number of hydrogen-bond donors (Lipinski definition) is 1. The number of halogens is 2. The summed E-state index contributed by atoms with van der Waals surface area (Å²) < 4.78 is 0. The second-order valence-electron chi connectivity index (χ2n) is 1.99. The Morgan fingerprint density at radius 2 is 1.60 bits per heavy atom. The van der Waals surface area contributed by atoms with Crippen LogP contribution in [0.1, 0.15) is 0 Å². The van der Waals surface area contributed by atoms with E-state index in [0.29, 0.717) is 0 Å². The zero-order chi connectivity index (χ0) is 7.61. The Hall–Kier alpha value is -0.0231. The van der Waals surface area contributed by atoms with Gasteiger partial charge in [0.25, 0.3) is 0 Å². The first-order chi connectivity index (χ1) is 4.61. The zero-order valence-electron chi connectivity index (χ0n) is 5.22. The molecule has 0 radical (unpaired) electrons. The zero-order valence-corrected chi connectivity index (χ0v) is 7.73. The van der Waals surface area contributed by atoms with E-state index < -0.39 is 6.86 Å². The molecule has 1 nitrogen and oxygen atoms in total. The van der Waals surface area contributed by atoms with Gasteiger partial charge in [-0.25, -0.2) is 0 Å². The highest BCUT2D eigenvalue weighted by molar-refractivity contribution is 7.49. The van der Waals surface area contributed by atoms with E-state index in [4.69, 9.17) is 27.6 Å². The lowest BCUT2D eigenvalue weighted by molar-refractivity contribution is 1.73. The third-order valence-corrected chi connectivity index (χ3v) is 3.57. The van der Waals surface area contributed by atoms with Gasteiger partial charge in [0.15, 0.2) is 0 Å². The van der Waals surface area contributed by atoms with E-state index in [1.165, 1.54) is 0 Å². The van der Waals surface area contributed by atoms with Crippen molar-refractivity contribution in [2.45, 2.75) is 0 Å². The fourth-order valence-corrected chi connectivity index (χ4v) is 2.05. The molecule has 10 heavy (non-hydrogen) atoms. The minimum Gasteiger partial charge on any atom is -0.324 e. The smallest absolute Gasteiger partial charge is 0.324 e. The number of rotatable bonds is 1. The predicted molar refractivity (Wildman–Crippen MR) is 47.7 cm³/mol. The number of benzene rings is 1. The summed E-state index contributed by atoms with van der Waals surface area (Å²) in [5, 5.41) is 6.37. The molecule has 1 rings (SSSR count). The van der Waals surface area contributed by atoms with Crippen LogP contribution in [0.15, 0.2) is 30.3 Å². The lowest BCUT2D eigenvalue weighted by Gasteiger charge is -2.08. The van der Waals surface area contributed by atoms with E-state index in [-0.39, 0.29) is 0 Å². The first-order valence-corrected chi connectivity index (χ1v) is 6.93. The SMILES string of the molecule is N[Si](Cl)(Cl)c1ccccc1. The third-order valence-electron chi connectivity index (χ3n) is 1.16. The van der Waals surface area contributed by atoms with Gasteiger partial charge in [-0.05, 0) is 5.19 Å². The summed E-state index contributed by atoms with van der Waals surface area (Å²) in [7, 11) is 0. The molecule has 0 atom stereocenters. The van der Waals surface area contributed by atoms with Crippen molar-refractivity contribution in [2.75, 3.05) is 0 Å². The normalized spacial score (nSPS) is 11.5. The summed E-state index contributed by atoms with van der Waals surface area (Å²) in [5.41, 5.74) is 0. The van der Waals surface area contributed by atoms with Gasteiger partial charge in [0.2, 0.25) is 0 Å². The highest BCUT2D eigenvalue weighted by atomic mass is 35.7. The van der Waals surface area contributed by atoms with Crippen molar-refractivity contribution in [3.05, 3.63) is 30.3 Å². The Morgan fingerprint density at radius 3 is 1.90 bits per heavy atom. The van der Waals surface area contributed by atoms with Crippen LogP contribution in [0.2, 0.25) is 0 Å². The first kappa shape index (κ1) is 8.08. The standard InChI is InChI=1S/C6H7Cl2NSi/c7-10(8,9)6-4-2-1-3-5-6/h1-5H,9H2. The average Bonchev–Trinajstić information content (AvgIpc) is 1.88. The van der Waals surface area contributed by atoms with E-state index in [1.807, 2.05) is 30.3 Å². The van der Waals surface area contributed by atoms with E-state index in [0.717, 1.165) is 5.19 Å². The Bertz CT molecular complexity index is 207. The van der Waals surface area contributed by atoms with E-state index >= 15 is 0 Å². The Labute approximate surface area is 70.2 Å². The van der Waals surface area contributed by atoms with Crippen LogP contribution >= 0.6 is 22.2 Å². The molecule has 4 heteroatoms. The highest BCUT2D eigenvalue weighted by Gasteiger charge is 2.24. The fourth-order valence-electron chi connectivity index (χ4n) is 0.660. The molecule has 0 bridgehead atoms. The summed E-state index contributed by atoms with van der Waals surface area (Å²) >= 11 is 11.5. The number of nitrogens with two attached hydrogens (primary N) is 1. The molecule has 2 N–H and O–H groups in total. The first-order valence-electron chi connectivity index (χ1n) is 2.83.